The maximum Gasteiger partial charge on any atom is 0.230 e. The lowest BCUT2D eigenvalue weighted by atomic mass is 9.83. The van der Waals surface area contributed by atoms with Crippen LogP contribution in [0, 0.1) is 5.82 Å². The SMILES string of the molecule is COCC(O)CCNC(=O)C(C)(C)c1cccc(F)c1. The third-order valence-corrected chi connectivity index (χ3v) is 3.24. The average Bonchev–Trinajstić information content (AvgIpc) is 2.38. The van der Waals surface area contributed by atoms with Crippen LogP contribution >= 0.6 is 0 Å². The zero-order valence-electron chi connectivity index (χ0n) is 12.1. The largest absolute Gasteiger partial charge is 0.391 e. The van der Waals surface area contributed by atoms with E-state index in [4.69, 9.17) is 4.74 Å². The van der Waals surface area contributed by atoms with Gasteiger partial charge in [-0.25, -0.2) is 4.39 Å². The van der Waals surface area contributed by atoms with Crippen LogP contribution in [0.15, 0.2) is 24.3 Å². The second kappa shape index (κ2) is 7.36. The number of hydrogen-bond acceptors (Lipinski definition) is 3. The quantitative estimate of drug-likeness (QED) is 0.799. The van der Waals surface area contributed by atoms with Gasteiger partial charge in [0.2, 0.25) is 5.91 Å². The molecule has 0 saturated carbocycles. The Morgan fingerprint density at radius 3 is 2.80 bits per heavy atom. The number of halogens is 1. The summed E-state index contributed by atoms with van der Waals surface area (Å²) in [6.07, 6.45) is -0.184. The highest BCUT2D eigenvalue weighted by Gasteiger charge is 2.29. The number of methoxy groups -OCH3 is 1. The molecule has 0 aromatic heterocycles. The van der Waals surface area contributed by atoms with E-state index < -0.39 is 11.5 Å². The Morgan fingerprint density at radius 2 is 2.20 bits per heavy atom. The highest BCUT2D eigenvalue weighted by atomic mass is 19.1. The van der Waals surface area contributed by atoms with E-state index in [9.17, 15) is 14.3 Å². The van der Waals surface area contributed by atoms with Gasteiger partial charge in [-0.15, -0.1) is 0 Å². The van der Waals surface area contributed by atoms with Crippen LogP contribution in [0.2, 0.25) is 0 Å². The van der Waals surface area contributed by atoms with Gasteiger partial charge in [0.25, 0.3) is 0 Å². The predicted molar refractivity (Wildman–Crippen MR) is 74.9 cm³/mol. The third-order valence-electron chi connectivity index (χ3n) is 3.24. The number of rotatable bonds is 7. The number of hydrogen-bond donors (Lipinski definition) is 2. The first-order valence-electron chi connectivity index (χ1n) is 6.59. The first-order valence-corrected chi connectivity index (χ1v) is 6.59. The molecule has 5 heteroatoms. The van der Waals surface area contributed by atoms with Gasteiger partial charge >= 0.3 is 0 Å². The first kappa shape index (κ1) is 16.6. The van der Waals surface area contributed by atoms with Gasteiger partial charge in [-0.3, -0.25) is 4.79 Å². The molecule has 1 atom stereocenters. The molecule has 0 aliphatic carbocycles. The van der Waals surface area contributed by atoms with E-state index >= 15 is 0 Å². The molecule has 0 aliphatic heterocycles. The minimum atomic E-state index is -0.825. The average molecular weight is 283 g/mol. The zero-order chi connectivity index (χ0) is 15.2. The summed E-state index contributed by atoms with van der Waals surface area (Å²) in [5.74, 6) is -0.563. The molecule has 1 aromatic carbocycles. The van der Waals surface area contributed by atoms with Crippen LogP contribution in [0.3, 0.4) is 0 Å². The second-order valence-corrected chi connectivity index (χ2v) is 5.29. The fourth-order valence-corrected chi connectivity index (χ4v) is 1.86. The van der Waals surface area contributed by atoms with Gasteiger partial charge in [0, 0.05) is 13.7 Å². The van der Waals surface area contributed by atoms with Gasteiger partial charge in [0.1, 0.15) is 5.82 Å². The number of carbonyl (C=O) groups excluding carboxylic acids is 1. The van der Waals surface area contributed by atoms with E-state index in [1.807, 2.05) is 0 Å². The van der Waals surface area contributed by atoms with E-state index in [-0.39, 0.29) is 18.3 Å². The van der Waals surface area contributed by atoms with Crippen LogP contribution in [0.1, 0.15) is 25.8 Å². The molecule has 0 bridgehead atoms. The van der Waals surface area contributed by atoms with Crippen LogP contribution in [0.5, 0.6) is 0 Å². The third kappa shape index (κ3) is 4.58. The summed E-state index contributed by atoms with van der Waals surface area (Å²) < 4.78 is 18.0. The molecule has 1 rings (SSSR count). The topological polar surface area (TPSA) is 58.6 Å². The fraction of sp³-hybridized carbons (Fsp3) is 0.533. The summed E-state index contributed by atoms with van der Waals surface area (Å²) in [7, 11) is 1.51. The van der Waals surface area contributed by atoms with Crippen molar-refractivity contribution in [3.8, 4) is 0 Å². The molecule has 20 heavy (non-hydrogen) atoms. The molecule has 0 heterocycles. The highest BCUT2D eigenvalue weighted by molar-refractivity contribution is 5.87. The van der Waals surface area contributed by atoms with Crippen molar-refractivity contribution < 1.29 is 19.0 Å². The summed E-state index contributed by atoms with van der Waals surface area (Å²) >= 11 is 0. The van der Waals surface area contributed by atoms with Gasteiger partial charge < -0.3 is 15.2 Å². The Labute approximate surface area is 119 Å². The van der Waals surface area contributed by atoms with Crippen molar-refractivity contribution in [1.29, 1.82) is 0 Å². The minimum Gasteiger partial charge on any atom is -0.391 e. The Bertz CT molecular complexity index is 448. The number of benzene rings is 1. The molecule has 2 N–H and O–H groups in total. The molecule has 0 spiro atoms. The van der Waals surface area contributed by atoms with Crippen LogP contribution in [-0.2, 0) is 14.9 Å². The molecule has 4 nitrogen and oxygen atoms in total. The molecule has 0 aliphatic rings. The van der Waals surface area contributed by atoms with Crippen LogP contribution in [0.25, 0.3) is 0 Å². The van der Waals surface area contributed by atoms with Crippen molar-refractivity contribution >= 4 is 5.91 Å². The second-order valence-electron chi connectivity index (χ2n) is 5.29. The van der Waals surface area contributed by atoms with Crippen molar-refractivity contribution in [1.82, 2.24) is 5.32 Å². The van der Waals surface area contributed by atoms with Crippen molar-refractivity contribution in [2.45, 2.75) is 31.8 Å². The standard InChI is InChI=1S/C15H22FNO3/c1-15(2,11-5-4-6-12(16)9-11)14(19)17-8-7-13(18)10-20-3/h4-6,9,13,18H,7-8,10H2,1-3H3,(H,17,19). The van der Waals surface area contributed by atoms with Crippen molar-refractivity contribution in [3.63, 3.8) is 0 Å². The molecular weight excluding hydrogens is 261 g/mol. The van der Waals surface area contributed by atoms with Gasteiger partial charge in [0.05, 0.1) is 18.1 Å². The molecule has 1 aromatic rings. The first-order chi connectivity index (χ1) is 9.37. The van der Waals surface area contributed by atoms with E-state index in [1.165, 1.54) is 19.2 Å². The zero-order valence-corrected chi connectivity index (χ0v) is 12.1. The summed E-state index contributed by atoms with van der Waals surface area (Å²) in [5, 5.41) is 12.2. The number of amides is 1. The van der Waals surface area contributed by atoms with Gasteiger partial charge in [-0.1, -0.05) is 12.1 Å². The maximum absolute atomic E-state index is 13.2. The monoisotopic (exact) mass is 283 g/mol. The molecule has 112 valence electrons. The van der Waals surface area contributed by atoms with E-state index in [2.05, 4.69) is 5.32 Å². The Morgan fingerprint density at radius 1 is 1.50 bits per heavy atom. The van der Waals surface area contributed by atoms with Crippen molar-refractivity contribution in [3.05, 3.63) is 35.6 Å². The van der Waals surface area contributed by atoms with Gasteiger partial charge in [-0.05, 0) is 38.0 Å². The molecule has 1 amide bonds. The van der Waals surface area contributed by atoms with E-state index in [0.717, 1.165) is 0 Å². The van der Waals surface area contributed by atoms with Gasteiger partial charge in [0.15, 0.2) is 0 Å². The smallest absolute Gasteiger partial charge is 0.230 e. The summed E-state index contributed by atoms with van der Waals surface area (Å²) in [6.45, 7) is 4.07. The fourth-order valence-electron chi connectivity index (χ4n) is 1.86. The van der Waals surface area contributed by atoms with Crippen LogP contribution < -0.4 is 5.32 Å². The van der Waals surface area contributed by atoms with Crippen molar-refractivity contribution in [2.24, 2.45) is 0 Å². The lowest BCUT2D eigenvalue weighted by Gasteiger charge is -2.24. The minimum absolute atomic E-state index is 0.201. The number of aliphatic hydroxyl groups excluding tert-OH is 1. The van der Waals surface area contributed by atoms with Crippen LogP contribution in [0.4, 0.5) is 4.39 Å². The summed E-state index contributed by atoms with van der Waals surface area (Å²) in [5.41, 5.74) is -0.207. The number of aliphatic hydroxyl groups is 1. The maximum atomic E-state index is 13.2. The molecular formula is C15H22FNO3. The Balaban J connectivity index is 2.57. The molecule has 0 radical (unpaired) electrons. The van der Waals surface area contributed by atoms with E-state index in [0.29, 0.717) is 18.5 Å². The molecule has 0 saturated heterocycles. The predicted octanol–water partition coefficient (Wildman–Crippen LogP) is 1.62. The number of carbonyl (C=O) groups is 1. The number of ether oxygens (including phenoxy) is 1. The van der Waals surface area contributed by atoms with Crippen LogP contribution in [-0.4, -0.2) is 37.4 Å². The summed E-state index contributed by atoms with van der Waals surface area (Å²) in [6, 6.07) is 6.02. The normalized spacial score (nSPS) is 13.1. The van der Waals surface area contributed by atoms with E-state index in [1.54, 1.807) is 26.0 Å². The van der Waals surface area contributed by atoms with Crippen molar-refractivity contribution in [2.75, 3.05) is 20.3 Å². The lowest BCUT2D eigenvalue weighted by molar-refractivity contribution is -0.125. The Hall–Kier alpha value is -1.46. The van der Waals surface area contributed by atoms with Gasteiger partial charge in [-0.2, -0.15) is 0 Å². The highest BCUT2D eigenvalue weighted by Crippen LogP contribution is 2.23. The molecule has 0 fully saturated rings. The number of nitrogens with one attached hydrogen (secondary N) is 1. The lowest BCUT2D eigenvalue weighted by Crippen LogP contribution is -2.41. The summed E-state index contributed by atoms with van der Waals surface area (Å²) in [4.78, 5) is 12.2. The Kier molecular flexibility index (Phi) is 6.10. The molecule has 1 unspecified atom stereocenters.